The lowest BCUT2D eigenvalue weighted by atomic mass is 9.95. The molecule has 0 aromatic heterocycles. The molecule has 7 heteroatoms. The van der Waals surface area contributed by atoms with E-state index in [4.69, 9.17) is 26.4 Å². The summed E-state index contributed by atoms with van der Waals surface area (Å²) in [6.45, 7) is 2.05. The second-order valence-electron chi connectivity index (χ2n) is 5.04. The predicted octanol–water partition coefficient (Wildman–Crippen LogP) is 1.72. The SMILES string of the molecule is COC(=O)C1=C(C)N(C)C(=S)N[C@@H]1c1ccc2c(c1)OCO2. The molecule has 116 valence electrons. The second-order valence-corrected chi connectivity index (χ2v) is 5.43. The van der Waals surface area contributed by atoms with Gasteiger partial charge < -0.3 is 24.4 Å². The second kappa shape index (κ2) is 5.49. The smallest absolute Gasteiger partial charge is 0.337 e. The van der Waals surface area contributed by atoms with E-state index in [-0.39, 0.29) is 18.8 Å². The van der Waals surface area contributed by atoms with Crippen molar-refractivity contribution in [2.45, 2.75) is 13.0 Å². The van der Waals surface area contributed by atoms with Crippen molar-refractivity contribution >= 4 is 23.3 Å². The zero-order chi connectivity index (χ0) is 15.9. The fraction of sp³-hybridized carbons (Fsp3) is 0.333. The van der Waals surface area contributed by atoms with Crippen LogP contribution in [0.15, 0.2) is 29.5 Å². The van der Waals surface area contributed by atoms with Crippen LogP contribution in [0.25, 0.3) is 0 Å². The number of nitrogens with zero attached hydrogens (tertiary/aromatic N) is 1. The van der Waals surface area contributed by atoms with Crippen molar-refractivity contribution in [1.82, 2.24) is 10.2 Å². The van der Waals surface area contributed by atoms with Gasteiger partial charge in [-0.1, -0.05) is 6.07 Å². The molecule has 2 aliphatic rings. The number of benzene rings is 1. The van der Waals surface area contributed by atoms with Crippen LogP contribution in [-0.2, 0) is 9.53 Å². The Morgan fingerprint density at radius 2 is 2.14 bits per heavy atom. The average Bonchev–Trinajstić information content (AvgIpc) is 2.99. The minimum Gasteiger partial charge on any atom is -0.466 e. The van der Waals surface area contributed by atoms with Gasteiger partial charge in [-0.05, 0) is 36.8 Å². The molecule has 0 radical (unpaired) electrons. The van der Waals surface area contributed by atoms with Gasteiger partial charge in [0.1, 0.15) is 0 Å². The van der Waals surface area contributed by atoms with E-state index in [0.29, 0.717) is 22.2 Å². The Balaban J connectivity index is 2.07. The topological polar surface area (TPSA) is 60.0 Å². The van der Waals surface area contributed by atoms with Gasteiger partial charge in [-0.3, -0.25) is 0 Å². The molecule has 0 aliphatic carbocycles. The number of hydrogen-bond donors (Lipinski definition) is 1. The fourth-order valence-corrected chi connectivity index (χ4v) is 2.81. The number of rotatable bonds is 2. The number of ether oxygens (including phenoxy) is 3. The minimum atomic E-state index is -0.387. The molecular weight excluding hydrogens is 304 g/mol. The lowest BCUT2D eigenvalue weighted by molar-refractivity contribution is -0.136. The minimum absolute atomic E-state index is 0.205. The first-order chi connectivity index (χ1) is 10.5. The van der Waals surface area contributed by atoms with Crippen LogP contribution in [0.5, 0.6) is 11.5 Å². The lowest BCUT2D eigenvalue weighted by Gasteiger charge is -2.35. The number of methoxy groups -OCH3 is 1. The first-order valence-corrected chi connectivity index (χ1v) is 7.16. The van der Waals surface area contributed by atoms with Crippen molar-refractivity contribution in [3.63, 3.8) is 0 Å². The number of thiocarbonyl (C=S) groups is 1. The number of allylic oxidation sites excluding steroid dienone is 1. The van der Waals surface area contributed by atoms with Gasteiger partial charge in [-0.15, -0.1) is 0 Å². The number of carbonyl (C=O) groups excluding carboxylic acids is 1. The summed E-state index contributed by atoms with van der Waals surface area (Å²) in [7, 11) is 3.18. The maximum atomic E-state index is 12.2. The molecule has 1 N–H and O–H groups in total. The van der Waals surface area contributed by atoms with E-state index in [9.17, 15) is 4.79 Å². The molecular formula is C15H16N2O4S. The summed E-state index contributed by atoms with van der Waals surface area (Å²) in [5, 5.41) is 3.72. The van der Waals surface area contributed by atoms with Crippen molar-refractivity contribution in [2.75, 3.05) is 21.0 Å². The zero-order valence-corrected chi connectivity index (χ0v) is 13.3. The Bertz CT molecular complexity index is 686. The molecule has 3 rings (SSSR count). The van der Waals surface area contributed by atoms with Crippen LogP contribution in [0, 0.1) is 0 Å². The standard InChI is InChI=1S/C15H16N2O4S/c1-8-12(14(18)19-3)13(16-15(22)17(8)2)9-4-5-10-11(6-9)21-7-20-10/h4-6,13H,7H2,1-3H3,(H,16,22)/t13-/m1/s1. The van der Waals surface area contributed by atoms with Gasteiger partial charge in [0.05, 0.1) is 18.7 Å². The number of fused-ring (bicyclic) bond motifs is 1. The third-order valence-corrected chi connectivity index (χ3v) is 4.28. The van der Waals surface area contributed by atoms with Crippen LogP contribution >= 0.6 is 12.2 Å². The van der Waals surface area contributed by atoms with Gasteiger partial charge in [-0.25, -0.2) is 4.79 Å². The van der Waals surface area contributed by atoms with Crippen molar-refractivity contribution in [1.29, 1.82) is 0 Å². The molecule has 0 spiro atoms. The van der Waals surface area contributed by atoms with E-state index in [1.807, 2.05) is 32.2 Å². The molecule has 2 aliphatic heterocycles. The number of nitrogens with one attached hydrogen (secondary N) is 1. The van der Waals surface area contributed by atoms with E-state index >= 15 is 0 Å². The highest BCUT2D eigenvalue weighted by Gasteiger charge is 2.33. The molecule has 1 aromatic rings. The lowest BCUT2D eigenvalue weighted by Crippen LogP contribution is -2.46. The highest BCUT2D eigenvalue weighted by atomic mass is 32.1. The molecule has 0 unspecified atom stereocenters. The van der Waals surface area contributed by atoms with E-state index in [1.54, 1.807) is 4.90 Å². The molecule has 0 bridgehead atoms. The van der Waals surface area contributed by atoms with Crippen LogP contribution in [0.2, 0.25) is 0 Å². The Labute approximate surface area is 133 Å². The van der Waals surface area contributed by atoms with E-state index in [1.165, 1.54) is 7.11 Å². The maximum Gasteiger partial charge on any atom is 0.337 e. The van der Waals surface area contributed by atoms with Crippen molar-refractivity contribution in [2.24, 2.45) is 0 Å². The molecule has 22 heavy (non-hydrogen) atoms. The summed E-state index contributed by atoms with van der Waals surface area (Å²) in [6, 6.07) is 5.18. The van der Waals surface area contributed by atoms with Gasteiger partial charge in [0, 0.05) is 12.7 Å². The monoisotopic (exact) mass is 320 g/mol. The Morgan fingerprint density at radius 3 is 2.86 bits per heavy atom. The van der Waals surface area contributed by atoms with Gasteiger partial charge >= 0.3 is 5.97 Å². The van der Waals surface area contributed by atoms with Crippen LogP contribution in [0.4, 0.5) is 0 Å². The summed E-state index contributed by atoms with van der Waals surface area (Å²) in [5.74, 6) is 0.965. The quantitative estimate of drug-likeness (QED) is 0.657. The molecule has 2 heterocycles. The highest BCUT2D eigenvalue weighted by molar-refractivity contribution is 7.80. The van der Waals surface area contributed by atoms with Crippen LogP contribution < -0.4 is 14.8 Å². The van der Waals surface area contributed by atoms with Crippen LogP contribution in [0.3, 0.4) is 0 Å². The van der Waals surface area contributed by atoms with Gasteiger partial charge in [0.25, 0.3) is 0 Å². The molecule has 1 aromatic carbocycles. The summed E-state index contributed by atoms with van der Waals surface area (Å²) in [6.07, 6.45) is 0. The number of hydrogen-bond acceptors (Lipinski definition) is 5. The van der Waals surface area contributed by atoms with Gasteiger partial charge in [0.2, 0.25) is 6.79 Å². The zero-order valence-electron chi connectivity index (χ0n) is 12.5. The molecule has 0 saturated carbocycles. The maximum absolute atomic E-state index is 12.2. The van der Waals surface area contributed by atoms with Crippen molar-refractivity contribution in [3.8, 4) is 11.5 Å². The van der Waals surface area contributed by atoms with E-state index < -0.39 is 0 Å². The molecule has 1 atom stereocenters. The van der Waals surface area contributed by atoms with Crippen LogP contribution in [0.1, 0.15) is 18.5 Å². The van der Waals surface area contributed by atoms with Gasteiger partial charge in [-0.2, -0.15) is 0 Å². The first-order valence-electron chi connectivity index (χ1n) is 6.75. The highest BCUT2D eigenvalue weighted by Crippen LogP contribution is 2.37. The normalized spacial score (nSPS) is 20.0. The molecule has 6 nitrogen and oxygen atoms in total. The summed E-state index contributed by atoms with van der Waals surface area (Å²) >= 11 is 5.33. The third-order valence-electron chi connectivity index (χ3n) is 3.89. The summed E-state index contributed by atoms with van der Waals surface area (Å²) in [4.78, 5) is 14.0. The summed E-state index contributed by atoms with van der Waals surface area (Å²) < 4.78 is 15.6. The van der Waals surface area contributed by atoms with Gasteiger partial charge in [0.15, 0.2) is 16.6 Å². The Hall–Kier alpha value is -2.28. The van der Waals surface area contributed by atoms with E-state index in [0.717, 1.165) is 11.3 Å². The first kappa shape index (κ1) is 14.6. The predicted molar refractivity (Wildman–Crippen MR) is 83.5 cm³/mol. The van der Waals surface area contributed by atoms with Crippen molar-refractivity contribution < 1.29 is 19.0 Å². The average molecular weight is 320 g/mol. The Kier molecular flexibility index (Phi) is 3.66. The number of esters is 1. The number of carbonyl (C=O) groups is 1. The van der Waals surface area contributed by atoms with Crippen LogP contribution in [-0.4, -0.2) is 36.9 Å². The summed E-state index contributed by atoms with van der Waals surface area (Å²) in [5.41, 5.74) is 2.15. The molecule has 0 saturated heterocycles. The molecule has 0 amide bonds. The fourth-order valence-electron chi connectivity index (χ4n) is 2.55. The van der Waals surface area contributed by atoms with Crippen molar-refractivity contribution in [3.05, 3.63) is 35.0 Å². The molecule has 0 fully saturated rings. The van der Waals surface area contributed by atoms with E-state index in [2.05, 4.69) is 5.32 Å². The Morgan fingerprint density at radius 1 is 1.41 bits per heavy atom. The third kappa shape index (κ3) is 2.27. The largest absolute Gasteiger partial charge is 0.466 e.